The zero-order valence-electron chi connectivity index (χ0n) is 17.0. The molecule has 0 radical (unpaired) electrons. The van der Waals surface area contributed by atoms with Crippen molar-refractivity contribution in [1.82, 2.24) is 14.8 Å². The fourth-order valence-electron chi connectivity index (χ4n) is 3.75. The molecular weight excluding hydrogens is 384 g/mol. The van der Waals surface area contributed by atoms with E-state index in [9.17, 15) is 4.79 Å². The van der Waals surface area contributed by atoms with Crippen LogP contribution in [0.2, 0.25) is 0 Å². The average Bonchev–Trinajstić information content (AvgIpc) is 3.25. The Kier molecular flexibility index (Phi) is 4.77. The van der Waals surface area contributed by atoms with Crippen LogP contribution < -0.4 is 5.32 Å². The molecule has 0 saturated heterocycles. The maximum absolute atomic E-state index is 13.0. The molecule has 0 saturated carbocycles. The molecule has 1 N–H and O–H groups in total. The SMILES string of the molecule is Cc1ccccc1-n1nc(C(=O)Nc2cccnc2)cc1-c1cccc2ccccc12. The lowest BCUT2D eigenvalue weighted by Gasteiger charge is -2.12. The van der Waals surface area contributed by atoms with Crippen LogP contribution in [0.1, 0.15) is 16.1 Å². The van der Waals surface area contributed by atoms with Gasteiger partial charge in [-0.2, -0.15) is 5.10 Å². The number of carbonyl (C=O) groups is 1. The Morgan fingerprint density at radius 3 is 2.55 bits per heavy atom. The zero-order chi connectivity index (χ0) is 21.2. The second-order valence-electron chi connectivity index (χ2n) is 7.34. The maximum atomic E-state index is 13.0. The van der Waals surface area contributed by atoms with E-state index in [0.717, 1.165) is 33.3 Å². The van der Waals surface area contributed by atoms with E-state index >= 15 is 0 Å². The summed E-state index contributed by atoms with van der Waals surface area (Å²) in [5.74, 6) is -0.276. The molecule has 0 atom stereocenters. The van der Waals surface area contributed by atoms with Gasteiger partial charge in [0.25, 0.3) is 5.91 Å². The summed E-state index contributed by atoms with van der Waals surface area (Å²) in [6.07, 6.45) is 3.28. The first-order valence-corrected chi connectivity index (χ1v) is 10.1. The van der Waals surface area contributed by atoms with Crippen molar-refractivity contribution in [2.24, 2.45) is 0 Å². The molecule has 3 aromatic carbocycles. The van der Waals surface area contributed by atoms with Gasteiger partial charge in [-0.15, -0.1) is 0 Å². The highest BCUT2D eigenvalue weighted by molar-refractivity contribution is 6.04. The van der Waals surface area contributed by atoms with Gasteiger partial charge in [-0.05, 0) is 47.5 Å². The van der Waals surface area contributed by atoms with Crippen LogP contribution in [0, 0.1) is 6.92 Å². The van der Waals surface area contributed by atoms with E-state index in [1.807, 2.05) is 60.1 Å². The van der Waals surface area contributed by atoms with Crippen LogP contribution in [0.3, 0.4) is 0 Å². The minimum atomic E-state index is -0.276. The Balaban J connectivity index is 1.68. The Morgan fingerprint density at radius 1 is 0.903 bits per heavy atom. The van der Waals surface area contributed by atoms with Gasteiger partial charge in [-0.3, -0.25) is 9.78 Å². The Labute approximate surface area is 180 Å². The Bertz CT molecular complexity index is 1380. The number of carbonyl (C=O) groups excluding carboxylic acids is 1. The summed E-state index contributed by atoms with van der Waals surface area (Å²) in [6.45, 7) is 2.04. The van der Waals surface area contributed by atoms with Crippen LogP contribution in [-0.4, -0.2) is 20.7 Å². The predicted octanol–water partition coefficient (Wildman–Crippen LogP) is 5.65. The van der Waals surface area contributed by atoms with Crippen LogP contribution >= 0.6 is 0 Å². The topological polar surface area (TPSA) is 59.8 Å². The largest absolute Gasteiger partial charge is 0.319 e. The van der Waals surface area contributed by atoms with Crippen molar-refractivity contribution in [2.45, 2.75) is 6.92 Å². The van der Waals surface area contributed by atoms with Crippen LogP contribution in [0.4, 0.5) is 5.69 Å². The van der Waals surface area contributed by atoms with Gasteiger partial charge in [0.15, 0.2) is 5.69 Å². The number of aromatic nitrogens is 3. The van der Waals surface area contributed by atoms with Crippen LogP contribution in [0.25, 0.3) is 27.7 Å². The molecule has 0 aliphatic heterocycles. The molecule has 0 aliphatic rings. The number of para-hydroxylation sites is 1. The monoisotopic (exact) mass is 404 g/mol. The van der Waals surface area contributed by atoms with Gasteiger partial charge in [0.2, 0.25) is 0 Å². The molecule has 5 nitrogen and oxygen atoms in total. The van der Waals surface area contributed by atoms with Crippen molar-refractivity contribution >= 4 is 22.4 Å². The molecule has 2 aromatic heterocycles. The highest BCUT2D eigenvalue weighted by atomic mass is 16.2. The van der Waals surface area contributed by atoms with Gasteiger partial charge in [0, 0.05) is 11.8 Å². The summed E-state index contributed by atoms with van der Waals surface area (Å²) in [5, 5.41) is 9.83. The average molecular weight is 404 g/mol. The molecule has 0 unspecified atom stereocenters. The number of nitrogens with zero attached hydrogens (tertiary/aromatic N) is 3. The van der Waals surface area contributed by atoms with Crippen LogP contribution in [0.5, 0.6) is 0 Å². The molecule has 0 bridgehead atoms. The fourth-order valence-corrected chi connectivity index (χ4v) is 3.75. The number of pyridine rings is 1. The summed E-state index contributed by atoms with van der Waals surface area (Å²) in [5.41, 5.74) is 4.87. The van der Waals surface area contributed by atoms with Crippen LogP contribution in [-0.2, 0) is 0 Å². The second kappa shape index (κ2) is 7.88. The lowest BCUT2D eigenvalue weighted by atomic mass is 10.0. The van der Waals surface area contributed by atoms with Gasteiger partial charge in [0.1, 0.15) is 0 Å². The third-order valence-electron chi connectivity index (χ3n) is 5.27. The number of amides is 1. The standard InChI is InChI=1S/C26H20N4O/c1-18-8-2-5-14-24(18)30-25(22-13-6-10-19-9-3-4-12-21(19)22)16-23(29-30)26(31)28-20-11-7-15-27-17-20/h2-17H,1H3,(H,28,31). The zero-order valence-corrected chi connectivity index (χ0v) is 17.0. The minimum absolute atomic E-state index is 0.276. The number of nitrogens with one attached hydrogen (secondary N) is 1. The van der Waals surface area contributed by atoms with E-state index in [-0.39, 0.29) is 5.91 Å². The number of benzene rings is 3. The van der Waals surface area contributed by atoms with Crippen molar-refractivity contribution in [1.29, 1.82) is 0 Å². The predicted molar refractivity (Wildman–Crippen MR) is 123 cm³/mol. The number of hydrogen-bond acceptors (Lipinski definition) is 3. The summed E-state index contributed by atoms with van der Waals surface area (Å²) in [6, 6.07) is 27.9. The van der Waals surface area contributed by atoms with E-state index in [0.29, 0.717) is 11.4 Å². The third kappa shape index (κ3) is 3.57. The Morgan fingerprint density at radius 2 is 1.71 bits per heavy atom. The highest BCUT2D eigenvalue weighted by Crippen LogP contribution is 2.31. The minimum Gasteiger partial charge on any atom is -0.319 e. The number of fused-ring (bicyclic) bond motifs is 1. The number of aryl methyl sites for hydroxylation is 1. The molecular formula is C26H20N4O. The van der Waals surface area contributed by atoms with Crippen molar-refractivity contribution < 1.29 is 4.79 Å². The molecule has 2 heterocycles. The molecule has 31 heavy (non-hydrogen) atoms. The molecule has 5 aromatic rings. The maximum Gasteiger partial charge on any atom is 0.276 e. The lowest BCUT2D eigenvalue weighted by molar-refractivity contribution is 0.102. The number of anilines is 1. The van der Waals surface area contributed by atoms with E-state index < -0.39 is 0 Å². The fraction of sp³-hybridized carbons (Fsp3) is 0.0385. The summed E-state index contributed by atoms with van der Waals surface area (Å²) in [4.78, 5) is 17.0. The first-order chi connectivity index (χ1) is 15.2. The van der Waals surface area contributed by atoms with E-state index in [1.165, 1.54) is 0 Å². The molecule has 5 heteroatoms. The molecule has 5 rings (SSSR count). The summed E-state index contributed by atoms with van der Waals surface area (Å²) >= 11 is 0. The number of rotatable bonds is 4. The summed E-state index contributed by atoms with van der Waals surface area (Å²) < 4.78 is 1.86. The van der Waals surface area contributed by atoms with Gasteiger partial charge in [-0.1, -0.05) is 60.7 Å². The van der Waals surface area contributed by atoms with Crippen molar-refractivity contribution in [3.8, 4) is 16.9 Å². The third-order valence-corrected chi connectivity index (χ3v) is 5.27. The molecule has 0 aliphatic carbocycles. The Hall–Kier alpha value is -4.25. The van der Waals surface area contributed by atoms with E-state index in [4.69, 9.17) is 5.10 Å². The van der Waals surface area contributed by atoms with E-state index in [1.54, 1.807) is 24.5 Å². The van der Waals surface area contributed by atoms with Crippen LogP contribution in [0.15, 0.2) is 97.3 Å². The molecule has 150 valence electrons. The smallest absolute Gasteiger partial charge is 0.276 e. The van der Waals surface area contributed by atoms with Gasteiger partial charge in [-0.25, -0.2) is 4.68 Å². The quantitative estimate of drug-likeness (QED) is 0.421. The first kappa shape index (κ1) is 18.8. The first-order valence-electron chi connectivity index (χ1n) is 10.1. The van der Waals surface area contributed by atoms with Gasteiger partial charge in [0.05, 0.1) is 23.3 Å². The van der Waals surface area contributed by atoms with Crippen molar-refractivity contribution in [3.63, 3.8) is 0 Å². The molecule has 0 fully saturated rings. The lowest BCUT2D eigenvalue weighted by Crippen LogP contribution is -2.13. The summed E-state index contributed by atoms with van der Waals surface area (Å²) in [7, 11) is 0. The van der Waals surface area contributed by atoms with Gasteiger partial charge >= 0.3 is 0 Å². The van der Waals surface area contributed by atoms with Gasteiger partial charge < -0.3 is 5.32 Å². The normalized spacial score (nSPS) is 10.9. The highest BCUT2D eigenvalue weighted by Gasteiger charge is 2.19. The van der Waals surface area contributed by atoms with Crippen molar-refractivity contribution in [3.05, 3.63) is 109 Å². The molecule has 0 spiro atoms. The number of hydrogen-bond donors (Lipinski definition) is 1. The van der Waals surface area contributed by atoms with E-state index in [2.05, 4.69) is 34.6 Å². The van der Waals surface area contributed by atoms with Crippen molar-refractivity contribution in [2.75, 3.05) is 5.32 Å². The second-order valence-corrected chi connectivity index (χ2v) is 7.34. The molecule has 1 amide bonds.